The molecule has 1 aromatic carbocycles. The highest BCUT2D eigenvalue weighted by molar-refractivity contribution is 7.17. The Morgan fingerprint density at radius 1 is 1.18 bits per heavy atom. The van der Waals surface area contributed by atoms with Crippen LogP contribution >= 0.6 is 22.9 Å². The lowest BCUT2D eigenvalue weighted by Crippen LogP contribution is -1.97. The number of ketones is 1. The Bertz CT molecular complexity index is 696. The van der Waals surface area contributed by atoms with Gasteiger partial charge in [0.1, 0.15) is 0 Å². The third-order valence-electron chi connectivity index (χ3n) is 2.52. The zero-order valence-corrected chi connectivity index (χ0v) is 10.2. The molecule has 3 rings (SSSR count). The number of rotatable bonds is 2. The van der Waals surface area contributed by atoms with Crippen molar-refractivity contribution in [2.75, 3.05) is 0 Å². The van der Waals surface area contributed by atoms with Crippen molar-refractivity contribution in [3.8, 4) is 0 Å². The number of hydrogen-bond donors (Lipinski definition) is 0. The Morgan fingerprint density at radius 3 is 2.76 bits per heavy atom. The van der Waals surface area contributed by atoms with Crippen molar-refractivity contribution in [1.82, 2.24) is 0 Å². The number of carbonyl (C=O) groups excluding carboxylic acids is 1. The van der Waals surface area contributed by atoms with Gasteiger partial charge in [0.2, 0.25) is 5.78 Å². The van der Waals surface area contributed by atoms with Crippen LogP contribution in [0.2, 0.25) is 5.22 Å². The lowest BCUT2D eigenvalue weighted by atomic mass is 10.1. The van der Waals surface area contributed by atoms with Crippen LogP contribution in [0, 0.1) is 0 Å². The fourth-order valence-electron chi connectivity index (χ4n) is 1.72. The first-order valence-electron chi connectivity index (χ1n) is 5.02. The second-order valence-electron chi connectivity index (χ2n) is 3.58. The molecular weight excluding hydrogens is 256 g/mol. The van der Waals surface area contributed by atoms with Crippen molar-refractivity contribution in [1.29, 1.82) is 0 Å². The molecule has 17 heavy (non-hydrogen) atoms. The summed E-state index contributed by atoms with van der Waals surface area (Å²) in [6.07, 6.45) is 0. The van der Waals surface area contributed by atoms with Crippen LogP contribution in [0.4, 0.5) is 0 Å². The Labute approximate surface area is 106 Å². The highest BCUT2D eigenvalue weighted by Gasteiger charge is 2.17. The van der Waals surface area contributed by atoms with E-state index in [0.29, 0.717) is 5.56 Å². The molecule has 0 amide bonds. The van der Waals surface area contributed by atoms with Crippen LogP contribution in [0.25, 0.3) is 10.1 Å². The molecule has 0 saturated heterocycles. The van der Waals surface area contributed by atoms with E-state index in [9.17, 15) is 4.79 Å². The summed E-state index contributed by atoms with van der Waals surface area (Å²) < 4.78 is 6.23. The summed E-state index contributed by atoms with van der Waals surface area (Å²) in [5.41, 5.74) is 0.664. The maximum Gasteiger partial charge on any atom is 0.229 e. The molecule has 4 heteroatoms. The van der Waals surface area contributed by atoms with E-state index in [1.807, 2.05) is 29.6 Å². The van der Waals surface area contributed by atoms with E-state index in [0.717, 1.165) is 10.1 Å². The minimum absolute atomic E-state index is 0.130. The molecule has 0 N–H and O–H groups in total. The molecule has 0 aliphatic heterocycles. The monoisotopic (exact) mass is 262 g/mol. The van der Waals surface area contributed by atoms with E-state index in [1.54, 1.807) is 23.5 Å². The molecule has 0 aliphatic rings. The molecular formula is C13H7ClO2S. The average Bonchev–Trinajstić information content (AvgIpc) is 2.94. The van der Waals surface area contributed by atoms with Gasteiger partial charge in [-0.05, 0) is 29.8 Å². The van der Waals surface area contributed by atoms with Gasteiger partial charge in [0.05, 0.1) is 0 Å². The van der Waals surface area contributed by atoms with E-state index < -0.39 is 0 Å². The van der Waals surface area contributed by atoms with Gasteiger partial charge in [-0.2, -0.15) is 0 Å². The zero-order valence-electron chi connectivity index (χ0n) is 8.64. The molecule has 0 bridgehead atoms. The van der Waals surface area contributed by atoms with Crippen molar-refractivity contribution in [2.24, 2.45) is 0 Å². The van der Waals surface area contributed by atoms with Gasteiger partial charge in [0.25, 0.3) is 0 Å². The van der Waals surface area contributed by atoms with Crippen molar-refractivity contribution in [2.45, 2.75) is 0 Å². The fourth-order valence-corrected chi connectivity index (χ4v) is 2.81. The van der Waals surface area contributed by atoms with E-state index >= 15 is 0 Å². The molecule has 0 aliphatic carbocycles. The fraction of sp³-hybridized carbons (Fsp3) is 0. The molecule has 0 fully saturated rings. The van der Waals surface area contributed by atoms with Gasteiger partial charge in [-0.3, -0.25) is 4.79 Å². The number of thiophene rings is 1. The van der Waals surface area contributed by atoms with Crippen LogP contribution in [0.1, 0.15) is 16.1 Å². The zero-order chi connectivity index (χ0) is 11.8. The Hall–Kier alpha value is -1.58. The van der Waals surface area contributed by atoms with Crippen molar-refractivity contribution >= 4 is 38.8 Å². The van der Waals surface area contributed by atoms with Gasteiger partial charge in [-0.25, -0.2) is 0 Å². The molecule has 2 heterocycles. The second-order valence-corrected chi connectivity index (χ2v) is 4.86. The molecule has 3 aromatic rings. The highest BCUT2D eigenvalue weighted by atomic mass is 35.5. The summed E-state index contributed by atoms with van der Waals surface area (Å²) >= 11 is 7.22. The van der Waals surface area contributed by atoms with Gasteiger partial charge in [0, 0.05) is 21.0 Å². The van der Waals surface area contributed by atoms with E-state index in [2.05, 4.69) is 0 Å². The maximum absolute atomic E-state index is 12.2. The summed E-state index contributed by atoms with van der Waals surface area (Å²) in [7, 11) is 0. The standard InChI is InChI=1S/C13H7ClO2S/c14-12-6-5-10(16-12)13(15)9-7-17-11-4-2-1-3-8(9)11/h1-7H. The minimum Gasteiger partial charge on any atom is -0.441 e. The van der Waals surface area contributed by atoms with Crippen LogP contribution in [-0.2, 0) is 0 Å². The topological polar surface area (TPSA) is 30.2 Å². The third-order valence-corrected chi connectivity index (χ3v) is 3.69. The number of furan rings is 1. The largest absolute Gasteiger partial charge is 0.441 e. The molecule has 2 aromatic heterocycles. The van der Waals surface area contributed by atoms with Crippen molar-refractivity contribution < 1.29 is 9.21 Å². The first-order chi connectivity index (χ1) is 8.25. The molecule has 84 valence electrons. The number of fused-ring (bicyclic) bond motifs is 1. The van der Waals surface area contributed by atoms with Crippen LogP contribution in [0.3, 0.4) is 0 Å². The van der Waals surface area contributed by atoms with E-state index in [-0.39, 0.29) is 16.8 Å². The van der Waals surface area contributed by atoms with Crippen LogP contribution < -0.4 is 0 Å². The van der Waals surface area contributed by atoms with Gasteiger partial charge in [0.15, 0.2) is 11.0 Å². The van der Waals surface area contributed by atoms with Gasteiger partial charge in [-0.15, -0.1) is 11.3 Å². The lowest BCUT2D eigenvalue weighted by molar-refractivity contribution is 0.101. The highest BCUT2D eigenvalue weighted by Crippen LogP contribution is 2.28. The molecule has 2 nitrogen and oxygen atoms in total. The molecule has 0 radical (unpaired) electrons. The summed E-state index contributed by atoms with van der Waals surface area (Å²) in [5, 5.41) is 3.03. The summed E-state index contributed by atoms with van der Waals surface area (Å²) in [6, 6.07) is 11.0. The number of hydrogen-bond acceptors (Lipinski definition) is 3. The Balaban J connectivity index is 2.13. The summed E-state index contributed by atoms with van der Waals surface area (Å²) in [4.78, 5) is 12.2. The Morgan fingerprint density at radius 2 is 2.00 bits per heavy atom. The van der Waals surface area contributed by atoms with E-state index in [4.69, 9.17) is 16.0 Å². The average molecular weight is 263 g/mol. The minimum atomic E-state index is -0.130. The van der Waals surface area contributed by atoms with Gasteiger partial charge >= 0.3 is 0 Å². The normalized spacial score (nSPS) is 10.9. The summed E-state index contributed by atoms with van der Waals surface area (Å²) in [5.74, 6) is 0.146. The summed E-state index contributed by atoms with van der Waals surface area (Å²) in [6.45, 7) is 0. The predicted octanol–water partition coefficient (Wildman–Crippen LogP) is 4.38. The predicted molar refractivity (Wildman–Crippen MR) is 69.0 cm³/mol. The molecule has 0 atom stereocenters. The number of halogens is 1. The third kappa shape index (κ3) is 1.77. The molecule has 0 unspecified atom stereocenters. The number of carbonyl (C=O) groups is 1. The first kappa shape index (κ1) is 10.6. The van der Waals surface area contributed by atoms with Gasteiger partial charge < -0.3 is 4.42 Å². The van der Waals surface area contributed by atoms with Crippen LogP contribution in [0.15, 0.2) is 46.2 Å². The van der Waals surface area contributed by atoms with E-state index in [1.165, 1.54) is 0 Å². The van der Waals surface area contributed by atoms with Crippen LogP contribution in [-0.4, -0.2) is 5.78 Å². The molecule has 0 spiro atoms. The Kier molecular flexibility index (Phi) is 2.50. The SMILES string of the molecule is O=C(c1ccc(Cl)o1)c1csc2ccccc12. The maximum atomic E-state index is 12.2. The molecule has 0 saturated carbocycles. The van der Waals surface area contributed by atoms with Crippen molar-refractivity contribution in [3.63, 3.8) is 0 Å². The van der Waals surface area contributed by atoms with Crippen LogP contribution in [0.5, 0.6) is 0 Å². The lowest BCUT2D eigenvalue weighted by Gasteiger charge is -1.95. The smallest absolute Gasteiger partial charge is 0.229 e. The van der Waals surface area contributed by atoms with Gasteiger partial charge in [-0.1, -0.05) is 18.2 Å². The quantitative estimate of drug-likeness (QED) is 0.642. The van der Waals surface area contributed by atoms with Crippen molar-refractivity contribution in [3.05, 3.63) is 58.3 Å². The first-order valence-corrected chi connectivity index (χ1v) is 6.28. The second kappa shape index (κ2) is 4.02. The number of benzene rings is 1.